The van der Waals surface area contributed by atoms with E-state index in [2.05, 4.69) is 9.98 Å². The Balaban J connectivity index is 1.11. The molecule has 226 valence electrons. The van der Waals surface area contributed by atoms with Crippen LogP contribution < -0.4 is 18.9 Å². The fourth-order valence-corrected chi connectivity index (χ4v) is 4.03. The van der Waals surface area contributed by atoms with E-state index in [1.165, 1.54) is 0 Å². The van der Waals surface area contributed by atoms with E-state index in [-0.39, 0.29) is 0 Å². The molecule has 8 heteroatoms. The monoisotopic (exact) mass is 592 g/mol. The van der Waals surface area contributed by atoms with E-state index in [1.54, 1.807) is 72.8 Å². The molecule has 0 bridgehead atoms. The van der Waals surface area contributed by atoms with E-state index in [9.17, 15) is 9.59 Å². The largest absolute Gasteiger partial charge is 0.494 e. The van der Waals surface area contributed by atoms with Crippen LogP contribution in [-0.4, -0.2) is 50.7 Å². The van der Waals surface area contributed by atoms with E-state index in [1.807, 2.05) is 50.5 Å². The van der Waals surface area contributed by atoms with Gasteiger partial charge in [0.2, 0.25) is 0 Å². The molecule has 4 aromatic carbocycles. The lowest BCUT2D eigenvalue weighted by molar-refractivity contribution is 0.0725. The van der Waals surface area contributed by atoms with Gasteiger partial charge in [0, 0.05) is 25.5 Å². The van der Waals surface area contributed by atoms with Crippen LogP contribution in [0.3, 0.4) is 0 Å². The number of benzene rings is 4. The highest BCUT2D eigenvalue weighted by Crippen LogP contribution is 2.18. The molecule has 0 radical (unpaired) electrons. The van der Waals surface area contributed by atoms with Crippen molar-refractivity contribution >= 4 is 24.4 Å². The third-order valence-corrected chi connectivity index (χ3v) is 6.29. The van der Waals surface area contributed by atoms with Crippen molar-refractivity contribution in [3.05, 3.63) is 119 Å². The minimum absolute atomic E-state index is 0.421. The zero-order valence-corrected chi connectivity index (χ0v) is 25.0. The van der Waals surface area contributed by atoms with Crippen LogP contribution in [0.15, 0.2) is 107 Å². The molecule has 0 atom stereocenters. The maximum Gasteiger partial charge on any atom is 0.343 e. The summed E-state index contributed by atoms with van der Waals surface area (Å²) in [5.41, 5.74) is 2.77. The van der Waals surface area contributed by atoms with Crippen LogP contribution in [0.5, 0.6) is 23.0 Å². The van der Waals surface area contributed by atoms with Crippen molar-refractivity contribution < 1.29 is 28.5 Å². The Kier molecular flexibility index (Phi) is 12.3. The zero-order valence-electron chi connectivity index (χ0n) is 25.0. The number of carbonyl (C=O) groups is 2. The Morgan fingerprint density at radius 2 is 0.864 bits per heavy atom. The van der Waals surface area contributed by atoms with Gasteiger partial charge in [0.25, 0.3) is 0 Å². The van der Waals surface area contributed by atoms with E-state index in [4.69, 9.17) is 18.9 Å². The first-order valence-corrected chi connectivity index (χ1v) is 14.6. The molecule has 8 nitrogen and oxygen atoms in total. The van der Waals surface area contributed by atoms with E-state index >= 15 is 0 Å². The zero-order chi connectivity index (χ0) is 31.0. The predicted molar refractivity (Wildman–Crippen MR) is 172 cm³/mol. The van der Waals surface area contributed by atoms with Gasteiger partial charge in [-0.15, -0.1) is 0 Å². The Hall–Kier alpha value is -5.24. The highest BCUT2D eigenvalue weighted by atomic mass is 16.5. The quantitative estimate of drug-likeness (QED) is 0.0625. The molecule has 0 aliphatic rings. The number of hydrogen-bond donors (Lipinski definition) is 0. The number of nitrogens with zero attached hydrogens (tertiary/aromatic N) is 2. The van der Waals surface area contributed by atoms with Gasteiger partial charge in [0.15, 0.2) is 0 Å². The summed E-state index contributed by atoms with van der Waals surface area (Å²) >= 11 is 0. The number of hydrogen-bond acceptors (Lipinski definition) is 8. The summed E-state index contributed by atoms with van der Waals surface area (Å²) in [6, 6.07) is 28.2. The summed E-state index contributed by atoms with van der Waals surface area (Å²) in [7, 11) is 0. The molecule has 0 N–H and O–H groups in total. The number of carbonyl (C=O) groups excluding carboxylic acids is 2. The lowest BCUT2D eigenvalue weighted by Gasteiger charge is -2.06. The molecule has 0 aliphatic carbocycles. The average Bonchev–Trinajstić information content (AvgIpc) is 3.05. The molecule has 44 heavy (non-hydrogen) atoms. The van der Waals surface area contributed by atoms with Crippen LogP contribution in [0.1, 0.15) is 58.5 Å². The van der Waals surface area contributed by atoms with Crippen LogP contribution in [0.25, 0.3) is 0 Å². The lowest BCUT2D eigenvalue weighted by Crippen LogP contribution is -2.08. The predicted octanol–water partition coefficient (Wildman–Crippen LogP) is 7.24. The Morgan fingerprint density at radius 1 is 0.523 bits per heavy atom. The minimum Gasteiger partial charge on any atom is -0.494 e. The Bertz CT molecular complexity index is 1410. The first-order chi connectivity index (χ1) is 21.5. The molecule has 0 fully saturated rings. The van der Waals surface area contributed by atoms with Crippen LogP contribution in [0, 0.1) is 0 Å². The third kappa shape index (κ3) is 10.2. The van der Waals surface area contributed by atoms with Gasteiger partial charge in [-0.05, 0) is 135 Å². The normalized spacial score (nSPS) is 11.0. The lowest BCUT2D eigenvalue weighted by atomic mass is 10.2. The third-order valence-electron chi connectivity index (χ3n) is 6.29. The van der Waals surface area contributed by atoms with Gasteiger partial charge >= 0.3 is 11.9 Å². The van der Waals surface area contributed by atoms with E-state index in [0.717, 1.165) is 24.0 Å². The van der Waals surface area contributed by atoms with Crippen LogP contribution in [0.2, 0.25) is 0 Å². The number of unbranched alkanes of at least 4 members (excludes halogenated alkanes) is 1. The van der Waals surface area contributed by atoms with E-state index < -0.39 is 11.9 Å². The van der Waals surface area contributed by atoms with Crippen LogP contribution in [-0.2, 0) is 0 Å². The topological polar surface area (TPSA) is 95.8 Å². The first kappa shape index (κ1) is 31.7. The van der Waals surface area contributed by atoms with Crippen molar-refractivity contribution in [2.45, 2.75) is 26.7 Å². The number of esters is 2. The second-order valence-electron chi connectivity index (χ2n) is 9.61. The van der Waals surface area contributed by atoms with Gasteiger partial charge in [-0.1, -0.05) is 0 Å². The molecule has 0 unspecified atom stereocenters. The van der Waals surface area contributed by atoms with Gasteiger partial charge in [-0.25, -0.2) is 9.59 Å². The smallest absolute Gasteiger partial charge is 0.343 e. The molecule has 0 saturated carbocycles. The molecule has 0 saturated heterocycles. The molecular formula is C36H36N2O6. The van der Waals surface area contributed by atoms with Crippen LogP contribution in [0.4, 0.5) is 0 Å². The summed E-state index contributed by atoms with van der Waals surface area (Å²) < 4.78 is 21.7. The second kappa shape index (κ2) is 17.0. The maximum atomic E-state index is 12.4. The standard InChI is InChI=1S/C36H36N2O6/c1-3-41-31-19-11-29(12-20-31)35(39)43-33-15-7-27(8-16-33)25-37-23-5-6-24-38-26-28-9-17-34(18-10-28)44-36(40)30-13-21-32(22-14-30)42-4-2/h7-22,25-26H,3-6,23-24H2,1-2H3. The van der Waals surface area contributed by atoms with Gasteiger partial charge in [0.1, 0.15) is 23.0 Å². The Morgan fingerprint density at radius 3 is 1.20 bits per heavy atom. The molecular weight excluding hydrogens is 556 g/mol. The number of aliphatic imine (C=N–C) groups is 2. The van der Waals surface area contributed by atoms with Gasteiger partial charge in [-0.2, -0.15) is 0 Å². The van der Waals surface area contributed by atoms with Crippen molar-refractivity contribution in [2.75, 3.05) is 26.3 Å². The molecule has 0 amide bonds. The van der Waals surface area contributed by atoms with Crippen LogP contribution >= 0.6 is 0 Å². The number of ether oxygens (including phenoxy) is 4. The summed E-state index contributed by atoms with van der Waals surface area (Å²) in [5, 5.41) is 0. The molecule has 0 spiro atoms. The molecule has 0 aliphatic heterocycles. The summed E-state index contributed by atoms with van der Waals surface area (Å²) in [5.74, 6) is 1.53. The molecule has 0 heterocycles. The average molecular weight is 593 g/mol. The van der Waals surface area contributed by atoms with Gasteiger partial charge in [0.05, 0.1) is 24.3 Å². The highest BCUT2D eigenvalue weighted by molar-refractivity contribution is 5.92. The van der Waals surface area contributed by atoms with Crippen molar-refractivity contribution in [2.24, 2.45) is 9.98 Å². The van der Waals surface area contributed by atoms with Crippen molar-refractivity contribution in [1.82, 2.24) is 0 Å². The summed E-state index contributed by atoms with van der Waals surface area (Å²) in [6.45, 7) is 6.34. The van der Waals surface area contributed by atoms with Crippen molar-refractivity contribution in [1.29, 1.82) is 0 Å². The number of rotatable bonds is 15. The van der Waals surface area contributed by atoms with Gasteiger partial charge in [-0.3, -0.25) is 9.98 Å². The molecule has 4 aromatic rings. The summed E-state index contributed by atoms with van der Waals surface area (Å²) in [6.07, 6.45) is 5.44. The van der Waals surface area contributed by atoms with Crippen molar-refractivity contribution in [3.8, 4) is 23.0 Å². The van der Waals surface area contributed by atoms with E-state index in [0.29, 0.717) is 60.4 Å². The minimum atomic E-state index is -0.421. The van der Waals surface area contributed by atoms with Crippen molar-refractivity contribution in [3.63, 3.8) is 0 Å². The maximum absolute atomic E-state index is 12.4. The SMILES string of the molecule is CCOc1ccc(C(=O)Oc2ccc(C=NCCCCN=Cc3ccc(OC(=O)c4ccc(OCC)cc4)cc3)cc2)cc1. The molecule has 4 rings (SSSR count). The van der Waals surface area contributed by atoms with Gasteiger partial charge < -0.3 is 18.9 Å². The molecule has 0 aromatic heterocycles. The fourth-order valence-electron chi connectivity index (χ4n) is 4.03. The fraction of sp³-hybridized carbons (Fsp3) is 0.222. The first-order valence-electron chi connectivity index (χ1n) is 14.6. The summed E-state index contributed by atoms with van der Waals surface area (Å²) in [4.78, 5) is 33.7. The highest BCUT2D eigenvalue weighted by Gasteiger charge is 2.10. The second-order valence-corrected chi connectivity index (χ2v) is 9.61. The Labute approximate surface area is 258 Å².